The van der Waals surface area contributed by atoms with Gasteiger partial charge in [-0.25, -0.2) is 13.2 Å². The molecule has 0 aliphatic carbocycles. The second-order valence-electron chi connectivity index (χ2n) is 7.56. The summed E-state index contributed by atoms with van der Waals surface area (Å²) in [4.78, 5) is 12.9. The van der Waals surface area contributed by atoms with Crippen LogP contribution in [0.2, 0.25) is 5.02 Å². The number of nitrogens with zero attached hydrogens (tertiary/aromatic N) is 1. The molecule has 0 spiro atoms. The van der Waals surface area contributed by atoms with Gasteiger partial charge in [0.2, 0.25) is 10.0 Å². The number of aryl methyl sites for hydroxylation is 1. The third-order valence-electron chi connectivity index (χ3n) is 5.44. The smallest absolute Gasteiger partial charge is 0.335 e. The Morgan fingerprint density at radius 3 is 2.22 bits per heavy atom. The lowest BCUT2D eigenvalue weighted by Crippen LogP contribution is -2.19. The summed E-state index contributed by atoms with van der Waals surface area (Å²) in [6.45, 7) is 1.89. The number of hydrogen-bond donors (Lipinski definition) is 0. The van der Waals surface area contributed by atoms with E-state index >= 15 is 0 Å². The van der Waals surface area contributed by atoms with Crippen LogP contribution in [0.4, 0.5) is 0 Å². The number of methoxy groups -OCH3 is 1. The molecule has 0 saturated carbocycles. The van der Waals surface area contributed by atoms with Gasteiger partial charge < -0.3 is 4.74 Å². The fourth-order valence-electron chi connectivity index (χ4n) is 3.78. The number of sulfonamides is 1. The Balaban J connectivity index is 1.85. The quantitative estimate of drug-likeness (QED) is 0.290. The summed E-state index contributed by atoms with van der Waals surface area (Å²) in [5, 5.41) is 0.438. The lowest BCUT2D eigenvalue weighted by molar-refractivity contribution is -0.136. The highest BCUT2D eigenvalue weighted by atomic mass is 35.5. The van der Waals surface area contributed by atoms with E-state index in [0.717, 1.165) is 11.1 Å². The van der Waals surface area contributed by atoms with E-state index in [-0.39, 0.29) is 10.5 Å². The highest BCUT2D eigenvalue weighted by Crippen LogP contribution is 2.53. The average Bonchev–Trinajstić information content (AvgIpc) is 3.54. The van der Waals surface area contributed by atoms with Gasteiger partial charge in [0.05, 0.1) is 29.7 Å². The SMILES string of the molecule is COC(=O)/C(=C/c1ccccc1)[C@H]1[C@H](c2ccccc2Cl)N1S(=O)(=O)c1ccc(C)cc1. The summed E-state index contributed by atoms with van der Waals surface area (Å²) in [5.74, 6) is -0.586. The molecule has 0 amide bonds. The molecule has 0 bridgehead atoms. The fraction of sp³-hybridized carbons (Fsp3) is 0.160. The van der Waals surface area contributed by atoms with Crippen molar-refractivity contribution in [1.29, 1.82) is 0 Å². The number of esters is 1. The van der Waals surface area contributed by atoms with Crippen molar-refractivity contribution in [2.24, 2.45) is 0 Å². The molecule has 0 aromatic heterocycles. The Morgan fingerprint density at radius 2 is 1.59 bits per heavy atom. The van der Waals surface area contributed by atoms with Crippen molar-refractivity contribution < 1.29 is 17.9 Å². The molecule has 4 rings (SSSR count). The number of carbonyl (C=O) groups excluding carboxylic acids is 1. The van der Waals surface area contributed by atoms with Crippen molar-refractivity contribution in [3.8, 4) is 0 Å². The second-order valence-corrected chi connectivity index (χ2v) is 9.81. The van der Waals surface area contributed by atoms with E-state index in [2.05, 4.69) is 0 Å². The van der Waals surface area contributed by atoms with Gasteiger partial charge in [-0.15, -0.1) is 0 Å². The summed E-state index contributed by atoms with van der Waals surface area (Å²) in [6.07, 6.45) is 1.67. The molecular weight excluding hydrogens is 446 g/mol. The zero-order valence-electron chi connectivity index (χ0n) is 17.6. The van der Waals surface area contributed by atoms with Crippen molar-refractivity contribution in [2.45, 2.75) is 23.9 Å². The monoisotopic (exact) mass is 467 g/mol. The minimum atomic E-state index is -3.90. The molecule has 3 aromatic rings. The molecule has 1 heterocycles. The van der Waals surface area contributed by atoms with E-state index in [9.17, 15) is 13.2 Å². The molecule has 1 aliphatic rings. The highest BCUT2D eigenvalue weighted by molar-refractivity contribution is 7.89. The number of halogens is 1. The fourth-order valence-corrected chi connectivity index (χ4v) is 5.76. The van der Waals surface area contributed by atoms with E-state index in [4.69, 9.17) is 16.3 Å². The number of hydrogen-bond acceptors (Lipinski definition) is 4. The number of benzene rings is 3. The first-order valence-corrected chi connectivity index (χ1v) is 11.9. The summed E-state index contributed by atoms with van der Waals surface area (Å²) in [5.41, 5.74) is 2.61. The molecule has 1 unspecified atom stereocenters. The predicted molar refractivity (Wildman–Crippen MR) is 125 cm³/mol. The van der Waals surface area contributed by atoms with Crippen LogP contribution in [0, 0.1) is 6.92 Å². The lowest BCUT2D eigenvalue weighted by Gasteiger charge is -2.09. The third-order valence-corrected chi connectivity index (χ3v) is 7.66. The summed E-state index contributed by atoms with van der Waals surface area (Å²) >= 11 is 6.43. The van der Waals surface area contributed by atoms with Gasteiger partial charge in [0, 0.05) is 5.02 Å². The van der Waals surface area contributed by atoms with Gasteiger partial charge in [-0.05, 0) is 42.3 Å². The molecule has 7 heteroatoms. The predicted octanol–water partition coefficient (Wildman–Crippen LogP) is 5.02. The van der Waals surface area contributed by atoms with Gasteiger partial charge in [0.1, 0.15) is 0 Å². The van der Waals surface area contributed by atoms with Gasteiger partial charge in [-0.1, -0.05) is 77.8 Å². The van der Waals surface area contributed by atoms with E-state index in [1.165, 1.54) is 11.4 Å². The van der Waals surface area contributed by atoms with Gasteiger partial charge in [0.15, 0.2) is 0 Å². The number of rotatable bonds is 6. The summed E-state index contributed by atoms with van der Waals surface area (Å²) < 4.78 is 33.5. The van der Waals surface area contributed by atoms with Crippen molar-refractivity contribution >= 4 is 33.7 Å². The van der Waals surface area contributed by atoms with Crippen LogP contribution < -0.4 is 0 Å². The molecule has 164 valence electrons. The number of carbonyl (C=O) groups is 1. The van der Waals surface area contributed by atoms with Gasteiger partial charge in [-0.2, -0.15) is 4.31 Å². The van der Waals surface area contributed by atoms with Crippen molar-refractivity contribution in [2.75, 3.05) is 7.11 Å². The molecule has 0 N–H and O–H groups in total. The van der Waals surface area contributed by atoms with Gasteiger partial charge >= 0.3 is 5.97 Å². The maximum absolute atomic E-state index is 13.6. The van der Waals surface area contributed by atoms with Crippen molar-refractivity contribution in [1.82, 2.24) is 4.31 Å². The molecule has 32 heavy (non-hydrogen) atoms. The molecule has 3 atom stereocenters. The van der Waals surface area contributed by atoms with Crippen molar-refractivity contribution in [3.05, 3.63) is 106 Å². The van der Waals surface area contributed by atoms with Crippen LogP contribution in [0.3, 0.4) is 0 Å². The normalized spacial score (nSPS) is 20.6. The van der Waals surface area contributed by atoms with E-state index < -0.39 is 28.1 Å². The van der Waals surface area contributed by atoms with Crippen LogP contribution in [0.15, 0.2) is 89.3 Å². The molecule has 1 aliphatic heterocycles. The molecule has 3 aromatic carbocycles. The molecular formula is C25H22ClNO4S. The lowest BCUT2D eigenvalue weighted by atomic mass is 10.0. The molecule has 5 nitrogen and oxygen atoms in total. The maximum Gasteiger partial charge on any atom is 0.335 e. The Hall–Kier alpha value is -2.93. The minimum Gasteiger partial charge on any atom is -0.466 e. The third kappa shape index (κ3) is 4.21. The highest BCUT2D eigenvalue weighted by Gasteiger charge is 2.60. The summed E-state index contributed by atoms with van der Waals surface area (Å²) in [7, 11) is -2.61. The Morgan fingerprint density at radius 1 is 0.969 bits per heavy atom. The van der Waals surface area contributed by atoms with Crippen LogP contribution in [0.1, 0.15) is 22.7 Å². The van der Waals surface area contributed by atoms with Crippen LogP contribution in [0.5, 0.6) is 0 Å². The minimum absolute atomic E-state index is 0.159. The molecule has 1 saturated heterocycles. The first-order valence-electron chi connectivity index (χ1n) is 10.0. The maximum atomic E-state index is 13.6. The largest absolute Gasteiger partial charge is 0.466 e. The Kier molecular flexibility index (Phi) is 6.20. The molecule has 1 fully saturated rings. The van der Waals surface area contributed by atoms with Crippen molar-refractivity contribution in [3.63, 3.8) is 0 Å². The first kappa shape index (κ1) is 22.3. The standard InChI is InChI=1S/C25H22ClNO4S/c1-17-12-14-19(15-13-17)32(29,30)27-23(20-10-6-7-11-22(20)26)24(27)21(25(28)31-2)16-18-8-4-3-5-9-18/h3-16,23-24H,1-2H3/b21-16+/t23-,24-,27?/m0/s1. The van der Waals surface area contributed by atoms with Gasteiger partial charge in [-0.3, -0.25) is 0 Å². The number of ether oxygens (including phenoxy) is 1. The van der Waals surface area contributed by atoms with Crippen LogP contribution in [-0.4, -0.2) is 31.8 Å². The van der Waals surface area contributed by atoms with E-state index in [1.54, 1.807) is 54.6 Å². The van der Waals surface area contributed by atoms with E-state index in [1.807, 2.05) is 37.3 Å². The van der Waals surface area contributed by atoms with Gasteiger partial charge in [0.25, 0.3) is 0 Å². The first-order chi connectivity index (χ1) is 15.3. The van der Waals surface area contributed by atoms with Crippen LogP contribution >= 0.6 is 11.6 Å². The molecule has 0 radical (unpaired) electrons. The van der Waals surface area contributed by atoms with Crippen LogP contribution in [-0.2, 0) is 19.6 Å². The van der Waals surface area contributed by atoms with E-state index in [0.29, 0.717) is 10.6 Å². The van der Waals surface area contributed by atoms with Crippen LogP contribution in [0.25, 0.3) is 6.08 Å². The topological polar surface area (TPSA) is 63.5 Å². The Bertz CT molecular complexity index is 1270. The summed E-state index contributed by atoms with van der Waals surface area (Å²) in [6, 6.07) is 21.6. The zero-order valence-corrected chi connectivity index (χ0v) is 19.2. The second kappa shape index (κ2) is 8.90. The average molecular weight is 468 g/mol. The zero-order chi connectivity index (χ0) is 22.9. The Labute approximate surface area is 193 Å².